The first-order valence-corrected chi connectivity index (χ1v) is 7.87. The number of nitrogens with zero attached hydrogens (tertiary/aromatic N) is 3. The second-order valence-electron chi connectivity index (χ2n) is 5.93. The van der Waals surface area contributed by atoms with E-state index in [9.17, 15) is 0 Å². The summed E-state index contributed by atoms with van der Waals surface area (Å²) in [5.41, 5.74) is 0. The Kier molecular flexibility index (Phi) is 5.40. The highest BCUT2D eigenvalue weighted by Gasteiger charge is 2.31. The first kappa shape index (κ1) is 15.3. The summed E-state index contributed by atoms with van der Waals surface area (Å²) in [7, 11) is 0. The van der Waals surface area contributed by atoms with Gasteiger partial charge < -0.3 is 14.2 Å². The molecule has 0 aliphatic carbocycles. The molecular formula is C15H27N3O2. The van der Waals surface area contributed by atoms with Gasteiger partial charge in [-0.15, -0.1) is 0 Å². The van der Waals surface area contributed by atoms with Gasteiger partial charge in [0, 0.05) is 19.5 Å². The Morgan fingerprint density at radius 3 is 2.70 bits per heavy atom. The minimum atomic E-state index is 0.245. The zero-order valence-electron chi connectivity index (χ0n) is 13.1. The van der Waals surface area contributed by atoms with Crippen molar-refractivity contribution in [3.63, 3.8) is 0 Å². The largest absolute Gasteiger partial charge is 0.371 e. The molecule has 0 unspecified atom stereocenters. The topological polar surface area (TPSA) is 51.4 Å². The molecule has 1 aliphatic rings. The molecule has 114 valence electrons. The van der Waals surface area contributed by atoms with Gasteiger partial charge in [-0.2, -0.15) is 4.98 Å². The van der Waals surface area contributed by atoms with E-state index in [-0.39, 0.29) is 12.2 Å². The van der Waals surface area contributed by atoms with E-state index in [4.69, 9.17) is 9.26 Å². The van der Waals surface area contributed by atoms with E-state index < -0.39 is 0 Å². The first-order chi connectivity index (χ1) is 9.63. The monoisotopic (exact) mass is 281 g/mol. The van der Waals surface area contributed by atoms with Gasteiger partial charge in [0.1, 0.15) is 0 Å². The van der Waals surface area contributed by atoms with Crippen LogP contribution >= 0.6 is 0 Å². The number of anilines is 1. The van der Waals surface area contributed by atoms with Crippen LogP contribution in [0.4, 0.5) is 5.95 Å². The van der Waals surface area contributed by atoms with Crippen LogP contribution in [0.3, 0.4) is 0 Å². The smallest absolute Gasteiger partial charge is 0.266 e. The molecule has 1 saturated heterocycles. The van der Waals surface area contributed by atoms with Gasteiger partial charge in [-0.3, -0.25) is 0 Å². The number of rotatable bonds is 6. The number of aryl methyl sites for hydroxylation is 1. The van der Waals surface area contributed by atoms with Crippen molar-refractivity contribution in [2.45, 2.75) is 65.6 Å². The summed E-state index contributed by atoms with van der Waals surface area (Å²) in [5, 5.41) is 4.10. The average Bonchev–Trinajstić information content (AvgIpc) is 2.93. The molecule has 0 bridgehead atoms. The maximum absolute atomic E-state index is 6.21. The molecule has 0 aromatic carbocycles. The van der Waals surface area contributed by atoms with Gasteiger partial charge in [-0.25, -0.2) is 0 Å². The van der Waals surface area contributed by atoms with Crippen LogP contribution < -0.4 is 4.90 Å². The second kappa shape index (κ2) is 7.07. The van der Waals surface area contributed by atoms with Crippen LogP contribution in [0.5, 0.6) is 0 Å². The Hall–Kier alpha value is -1.10. The van der Waals surface area contributed by atoms with Crippen molar-refractivity contribution < 1.29 is 9.26 Å². The van der Waals surface area contributed by atoms with Gasteiger partial charge in [-0.05, 0) is 17.5 Å². The third kappa shape index (κ3) is 3.72. The van der Waals surface area contributed by atoms with Crippen molar-refractivity contribution in [1.29, 1.82) is 0 Å². The molecule has 1 aromatic rings. The summed E-state index contributed by atoms with van der Waals surface area (Å²) in [6.45, 7) is 10.4. The van der Waals surface area contributed by atoms with E-state index in [1.165, 1.54) is 12.8 Å². The lowest BCUT2D eigenvalue weighted by Gasteiger charge is -2.39. The third-order valence-electron chi connectivity index (χ3n) is 3.86. The van der Waals surface area contributed by atoms with Crippen LogP contribution in [-0.4, -0.2) is 35.4 Å². The Morgan fingerprint density at radius 1 is 1.30 bits per heavy atom. The van der Waals surface area contributed by atoms with E-state index >= 15 is 0 Å². The predicted molar refractivity (Wildman–Crippen MR) is 78.9 cm³/mol. The maximum Gasteiger partial charge on any atom is 0.266 e. The van der Waals surface area contributed by atoms with E-state index in [0.717, 1.165) is 31.9 Å². The van der Waals surface area contributed by atoms with Gasteiger partial charge in [-0.1, -0.05) is 40.5 Å². The molecule has 1 aromatic heterocycles. The Morgan fingerprint density at radius 2 is 2.10 bits per heavy atom. The minimum Gasteiger partial charge on any atom is -0.371 e. The van der Waals surface area contributed by atoms with E-state index in [1.807, 2.05) is 6.92 Å². The summed E-state index contributed by atoms with van der Waals surface area (Å²) in [4.78, 5) is 6.67. The molecule has 0 spiro atoms. The van der Waals surface area contributed by atoms with Gasteiger partial charge in [0.05, 0.1) is 12.2 Å². The summed E-state index contributed by atoms with van der Waals surface area (Å²) in [6, 6.07) is 0. The van der Waals surface area contributed by atoms with Crippen molar-refractivity contribution in [3.05, 3.63) is 5.89 Å². The van der Waals surface area contributed by atoms with Gasteiger partial charge >= 0.3 is 0 Å². The highest BCUT2D eigenvalue weighted by atomic mass is 16.5. The number of unbranched alkanes of at least 4 members (excludes halogenated alkanes) is 1. The lowest BCUT2D eigenvalue weighted by molar-refractivity contribution is -0.0524. The number of ether oxygens (including phenoxy) is 1. The van der Waals surface area contributed by atoms with Gasteiger partial charge in [0.25, 0.3) is 5.95 Å². The lowest BCUT2D eigenvalue weighted by Crippen LogP contribution is -2.50. The van der Waals surface area contributed by atoms with Gasteiger partial charge in [0.15, 0.2) is 0 Å². The number of hydrogen-bond donors (Lipinski definition) is 0. The standard InChI is InChI=1S/C15H27N3O2/c1-5-7-8-12-9-18(10-13(19-12)11(3)4)15-16-14(6-2)20-17-15/h11-13H,5-10H2,1-4H3/t12-,13-/m1/s1. The molecule has 0 saturated carbocycles. The third-order valence-corrected chi connectivity index (χ3v) is 3.86. The summed E-state index contributed by atoms with van der Waals surface area (Å²) < 4.78 is 11.4. The molecule has 0 radical (unpaired) electrons. The summed E-state index contributed by atoms with van der Waals surface area (Å²) in [5.74, 6) is 1.93. The molecule has 2 rings (SSSR count). The van der Waals surface area contributed by atoms with Crippen molar-refractivity contribution in [1.82, 2.24) is 10.1 Å². The van der Waals surface area contributed by atoms with Crippen molar-refractivity contribution in [3.8, 4) is 0 Å². The SMILES string of the molecule is CCCC[C@@H]1CN(c2noc(CC)n2)C[C@H](C(C)C)O1. The lowest BCUT2D eigenvalue weighted by atomic mass is 10.0. The number of morpholine rings is 1. The van der Waals surface area contributed by atoms with Gasteiger partial charge in [0.2, 0.25) is 5.89 Å². The van der Waals surface area contributed by atoms with Crippen LogP contribution in [0.2, 0.25) is 0 Å². The van der Waals surface area contributed by atoms with Crippen molar-refractivity contribution in [2.75, 3.05) is 18.0 Å². The van der Waals surface area contributed by atoms with Crippen LogP contribution in [0.25, 0.3) is 0 Å². The molecule has 1 aliphatic heterocycles. The number of hydrogen-bond acceptors (Lipinski definition) is 5. The highest BCUT2D eigenvalue weighted by Crippen LogP contribution is 2.24. The summed E-state index contributed by atoms with van der Waals surface area (Å²) >= 11 is 0. The van der Waals surface area contributed by atoms with E-state index in [2.05, 4.69) is 35.8 Å². The molecule has 2 atom stereocenters. The van der Waals surface area contributed by atoms with E-state index in [0.29, 0.717) is 11.8 Å². The molecular weight excluding hydrogens is 254 g/mol. The molecule has 0 amide bonds. The quantitative estimate of drug-likeness (QED) is 0.802. The van der Waals surface area contributed by atoms with Crippen LogP contribution in [-0.2, 0) is 11.2 Å². The van der Waals surface area contributed by atoms with Crippen molar-refractivity contribution in [2.24, 2.45) is 5.92 Å². The zero-order chi connectivity index (χ0) is 14.5. The molecule has 5 heteroatoms. The fourth-order valence-corrected chi connectivity index (χ4v) is 2.51. The average molecular weight is 281 g/mol. The zero-order valence-corrected chi connectivity index (χ0v) is 13.1. The Bertz CT molecular complexity index is 406. The number of aromatic nitrogens is 2. The predicted octanol–water partition coefficient (Wildman–Crippen LogP) is 3.05. The second-order valence-corrected chi connectivity index (χ2v) is 5.93. The molecule has 0 N–H and O–H groups in total. The Balaban J connectivity index is 2.06. The van der Waals surface area contributed by atoms with Crippen LogP contribution in [0, 0.1) is 5.92 Å². The van der Waals surface area contributed by atoms with Crippen LogP contribution in [0.1, 0.15) is 52.8 Å². The minimum absolute atomic E-state index is 0.245. The fraction of sp³-hybridized carbons (Fsp3) is 0.867. The fourth-order valence-electron chi connectivity index (χ4n) is 2.51. The molecule has 1 fully saturated rings. The maximum atomic E-state index is 6.21. The summed E-state index contributed by atoms with van der Waals surface area (Å²) in [6.07, 6.45) is 4.82. The molecule has 2 heterocycles. The molecule has 5 nitrogen and oxygen atoms in total. The Labute approximate surface area is 121 Å². The molecule has 20 heavy (non-hydrogen) atoms. The van der Waals surface area contributed by atoms with E-state index in [1.54, 1.807) is 0 Å². The van der Waals surface area contributed by atoms with Crippen molar-refractivity contribution >= 4 is 5.95 Å². The van der Waals surface area contributed by atoms with Crippen LogP contribution in [0.15, 0.2) is 4.52 Å². The highest BCUT2D eigenvalue weighted by molar-refractivity contribution is 5.29. The first-order valence-electron chi connectivity index (χ1n) is 7.87. The normalized spacial score (nSPS) is 23.6.